The van der Waals surface area contributed by atoms with Crippen LogP contribution in [0.2, 0.25) is 0 Å². The van der Waals surface area contributed by atoms with Gasteiger partial charge >= 0.3 is 0 Å². The van der Waals surface area contributed by atoms with Crippen LogP contribution in [0.5, 0.6) is 0 Å². The lowest BCUT2D eigenvalue weighted by atomic mass is 10.2. The fraction of sp³-hybridized carbons (Fsp3) is 0.417. The van der Waals surface area contributed by atoms with Crippen molar-refractivity contribution in [2.75, 3.05) is 33.2 Å². The fourth-order valence-electron chi connectivity index (χ4n) is 1.89. The van der Waals surface area contributed by atoms with Crippen LogP contribution in [0.4, 0.5) is 0 Å². The van der Waals surface area contributed by atoms with Gasteiger partial charge in [-0.05, 0) is 87.0 Å². The van der Waals surface area contributed by atoms with Crippen molar-refractivity contribution in [3.8, 4) is 0 Å². The molecule has 2 rings (SSSR count). The van der Waals surface area contributed by atoms with E-state index in [9.17, 15) is 4.79 Å². The molecule has 0 unspecified atom stereocenters. The van der Waals surface area contributed by atoms with Crippen molar-refractivity contribution in [2.24, 2.45) is 0 Å². The highest BCUT2D eigenvalue weighted by Crippen LogP contribution is 2.24. The Bertz CT molecular complexity index is 471. The van der Waals surface area contributed by atoms with Crippen molar-refractivity contribution in [2.45, 2.75) is 0 Å². The number of benzene rings is 1. The van der Waals surface area contributed by atoms with Gasteiger partial charge in [-0.1, -0.05) is 0 Å². The van der Waals surface area contributed by atoms with E-state index in [1.807, 2.05) is 11.0 Å². The smallest absolute Gasteiger partial charge is 0.255 e. The molecule has 1 aromatic carbocycles. The molecule has 98 valence electrons. The zero-order valence-corrected chi connectivity index (χ0v) is 16.4. The highest BCUT2D eigenvalue weighted by molar-refractivity contribution is 14.1. The Hall–Kier alpha value is 0.840. The number of likely N-dealkylation sites (N-methyl/N-ethyl adjacent to an activating group) is 1. The standard InChI is InChI=1S/C12H13I3N2O/c1-16-2-4-17(5-3-16)12(18)9-6-8(13)7-10(14)11(9)15/h6-7H,2-5H2,1H3. The SMILES string of the molecule is CN1CCN(C(=O)c2cc(I)cc(I)c2I)CC1. The van der Waals surface area contributed by atoms with Crippen LogP contribution >= 0.6 is 67.8 Å². The van der Waals surface area contributed by atoms with Crippen LogP contribution in [0, 0.1) is 10.7 Å². The van der Waals surface area contributed by atoms with Gasteiger partial charge in [0, 0.05) is 36.9 Å². The van der Waals surface area contributed by atoms with Gasteiger partial charge in [0.25, 0.3) is 5.91 Å². The van der Waals surface area contributed by atoms with E-state index in [1.165, 1.54) is 0 Å². The Labute approximate surface area is 148 Å². The van der Waals surface area contributed by atoms with Gasteiger partial charge in [-0.2, -0.15) is 0 Å². The lowest BCUT2D eigenvalue weighted by Gasteiger charge is -2.32. The lowest BCUT2D eigenvalue weighted by molar-refractivity contribution is 0.0663. The molecule has 1 aliphatic heterocycles. The average molecular weight is 582 g/mol. The first-order valence-corrected chi connectivity index (χ1v) is 8.85. The molecule has 0 aromatic heterocycles. The van der Waals surface area contributed by atoms with Crippen LogP contribution in [-0.4, -0.2) is 48.9 Å². The van der Waals surface area contributed by atoms with Crippen molar-refractivity contribution in [1.29, 1.82) is 0 Å². The molecule has 3 nitrogen and oxygen atoms in total. The zero-order valence-electron chi connectivity index (χ0n) is 9.92. The molecule has 0 bridgehead atoms. The monoisotopic (exact) mass is 582 g/mol. The molecule has 18 heavy (non-hydrogen) atoms. The third-order valence-corrected chi connectivity index (χ3v) is 6.68. The number of hydrogen-bond donors (Lipinski definition) is 0. The van der Waals surface area contributed by atoms with Gasteiger partial charge in [-0.15, -0.1) is 0 Å². The minimum atomic E-state index is 0.170. The van der Waals surface area contributed by atoms with Crippen molar-refractivity contribution in [1.82, 2.24) is 9.80 Å². The lowest BCUT2D eigenvalue weighted by Crippen LogP contribution is -2.47. The predicted octanol–water partition coefficient (Wildman–Crippen LogP) is 2.89. The normalized spacial score (nSPS) is 17.0. The van der Waals surface area contributed by atoms with Crippen LogP contribution in [0.25, 0.3) is 0 Å². The number of piperazine rings is 1. The number of amides is 1. The van der Waals surface area contributed by atoms with Gasteiger partial charge in [0.05, 0.1) is 5.56 Å². The molecule has 0 atom stereocenters. The summed E-state index contributed by atoms with van der Waals surface area (Å²) in [4.78, 5) is 16.7. The molecule has 1 fully saturated rings. The minimum Gasteiger partial charge on any atom is -0.336 e. The first kappa shape index (κ1) is 15.2. The van der Waals surface area contributed by atoms with Crippen LogP contribution in [0.15, 0.2) is 12.1 Å². The second-order valence-electron chi connectivity index (χ2n) is 4.34. The van der Waals surface area contributed by atoms with E-state index in [0.717, 1.165) is 42.5 Å². The fourth-order valence-corrected chi connectivity index (χ4v) is 4.28. The number of rotatable bonds is 1. The van der Waals surface area contributed by atoms with Crippen molar-refractivity contribution < 1.29 is 4.79 Å². The maximum atomic E-state index is 12.5. The molecule has 1 aliphatic rings. The number of hydrogen-bond acceptors (Lipinski definition) is 2. The summed E-state index contributed by atoms with van der Waals surface area (Å²) in [7, 11) is 2.10. The number of nitrogens with zero attached hydrogens (tertiary/aromatic N) is 2. The van der Waals surface area contributed by atoms with Crippen LogP contribution in [0.3, 0.4) is 0 Å². The molecule has 1 amide bonds. The van der Waals surface area contributed by atoms with Gasteiger partial charge < -0.3 is 9.80 Å². The molecule has 0 aliphatic carbocycles. The van der Waals surface area contributed by atoms with Crippen molar-refractivity contribution in [3.63, 3.8) is 0 Å². The summed E-state index contributed by atoms with van der Waals surface area (Å²) >= 11 is 6.83. The Kier molecular flexibility index (Phi) is 5.52. The summed E-state index contributed by atoms with van der Waals surface area (Å²) in [5.41, 5.74) is 0.844. The maximum Gasteiger partial charge on any atom is 0.255 e. The molecule has 0 saturated carbocycles. The van der Waals surface area contributed by atoms with Gasteiger partial charge in [-0.25, -0.2) is 0 Å². The summed E-state index contributed by atoms with van der Waals surface area (Å²) in [5.74, 6) is 0.170. The number of halogens is 3. The van der Waals surface area contributed by atoms with E-state index < -0.39 is 0 Å². The van der Waals surface area contributed by atoms with E-state index in [2.05, 4.69) is 85.8 Å². The second kappa shape index (κ2) is 6.53. The number of carbonyl (C=O) groups excluding carboxylic acids is 1. The quantitative estimate of drug-likeness (QED) is 0.376. The van der Waals surface area contributed by atoms with Gasteiger partial charge in [-0.3, -0.25) is 4.79 Å². The van der Waals surface area contributed by atoms with E-state index in [1.54, 1.807) is 0 Å². The summed E-state index contributed by atoms with van der Waals surface area (Å²) in [6.45, 7) is 3.58. The molecule has 6 heteroatoms. The van der Waals surface area contributed by atoms with Crippen LogP contribution in [0.1, 0.15) is 10.4 Å². The summed E-state index contributed by atoms with van der Waals surface area (Å²) in [5, 5.41) is 0. The van der Waals surface area contributed by atoms with Crippen molar-refractivity contribution >= 4 is 73.7 Å². The third-order valence-electron chi connectivity index (χ3n) is 3.01. The van der Waals surface area contributed by atoms with Crippen molar-refractivity contribution in [3.05, 3.63) is 28.4 Å². The predicted molar refractivity (Wildman–Crippen MR) is 98.0 cm³/mol. The Morgan fingerprint density at radius 1 is 1.11 bits per heavy atom. The molecule has 1 aromatic rings. The highest BCUT2D eigenvalue weighted by atomic mass is 127. The molecule has 0 N–H and O–H groups in total. The van der Waals surface area contributed by atoms with Gasteiger partial charge in [0.2, 0.25) is 0 Å². The summed E-state index contributed by atoms with van der Waals surface area (Å²) in [6, 6.07) is 4.09. The largest absolute Gasteiger partial charge is 0.336 e. The molecule has 0 radical (unpaired) electrons. The van der Waals surface area contributed by atoms with E-state index in [-0.39, 0.29) is 5.91 Å². The van der Waals surface area contributed by atoms with E-state index in [0.29, 0.717) is 0 Å². The maximum absolute atomic E-state index is 12.5. The van der Waals surface area contributed by atoms with E-state index >= 15 is 0 Å². The summed E-state index contributed by atoms with van der Waals surface area (Å²) < 4.78 is 3.34. The van der Waals surface area contributed by atoms with Gasteiger partial charge in [0.15, 0.2) is 0 Å². The molecular weight excluding hydrogens is 569 g/mol. The van der Waals surface area contributed by atoms with Gasteiger partial charge in [0.1, 0.15) is 0 Å². The molecule has 1 saturated heterocycles. The van der Waals surface area contributed by atoms with E-state index in [4.69, 9.17) is 0 Å². The number of carbonyl (C=O) groups is 1. The summed E-state index contributed by atoms with van der Waals surface area (Å²) in [6.07, 6.45) is 0. The highest BCUT2D eigenvalue weighted by Gasteiger charge is 2.23. The minimum absolute atomic E-state index is 0.170. The average Bonchev–Trinajstić information content (AvgIpc) is 2.34. The third kappa shape index (κ3) is 3.48. The zero-order chi connectivity index (χ0) is 13.3. The molecule has 1 heterocycles. The molecular formula is C12H13I3N2O. The Morgan fingerprint density at radius 2 is 1.72 bits per heavy atom. The topological polar surface area (TPSA) is 23.6 Å². The molecule has 0 spiro atoms. The Morgan fingerprint density at radius 3 is 2.33 bits per heavy atom. The first-order valence-electron chi connectivity index (χ1n) is 5.61. The van der Waals surface area contributed by atoms with Crippen LogP contribution < -0.4 is 0 Å². The Balaban J connectivity index is 2.23. The van der Waals surface area contributed by atoms with Crippen LogP contribution in [-0.2, 0) is 0 Å². The first-order chi connectivity index (χ1) is 8.49. The second-order valence-corrected chi connectivity index (χ2v) is 7.83.